The van der Waals surface area contributed by atoms with Crippen LogP contribution in [0.4, 0.5) is 0 Å². The van der Waals surface area contributed by atoms with Gasteiger partial charge < -0.3 is 14.5 Å². The van der Waals surface area contributed by atoms with E-state index in [0.29, 0.717) is 23.1 Å². The minimum absolute atomic E-state index is 0.504. The Morgan fingerprint density at radius 3 is 2.82 bits per heavy atom. The van der Waals surface area contributed by atoms with Crippen molar-refractivity contribution in [3.8, 4) is 22.9 Å². The summed E-state index contributed by atoms with van der Waals surface area (Å²) in [5.41, 5.74) is 0.865. The second-order valence-electron chi connectivity index (χ2n) is 3.36. The third-order valence-electron chi connectivity index (χ3n) is 2.29. The van der Waals surface area contributed by atoms with Gasteiger partial charge in [0.1, 0.15) is 5.82 Å². The van der Waals surface area contributed by atoms with Crippen molar-refractivity contribution in [3.05, 3.63) is 29.5 Å². The van der Waals surface area contributed by atoms with Crippen LogP contribution in [0.2, 0.25) is 5.02 Å². The number of methoxy groups -OCH3 is 1. The maximum Gasteiger partial charge on any atom is 0.179 e. The molecule has 0 saturated heterocycles. The molecule has 0 aliphatic rings. The van der Waals surface area contributed by atoms with Crippen molar-refractivity contribution >= 4 is 11.6 Å². The third kappa shape index (κ3) is 2.36. The molecular weight excluding hydrogens is 240 g/mol. The Morgan fingerprint density at radius 1 is 1.41 bits per heavy atom. The van der Waals surface area contributed by atoms with Crippen LogP contribution in [-0.4, -0.2) is 23.7 Å². The molecule has 1 N–H and O–H groups in total. The number of nitrogens with zero attached hydrogens (tertiary/aromatic N) is 1. The van der Waals surface area contributed by atoms with Crippen LogP contribution in [0, 0.1) is 0 Å². The van der Waals surface area contributed by atoms with Crippen molar-refractivity contribution in [1.82, 2.24) is 9.97 Å². The Hall–Kier alpha value is -1.68. The first kappa shape index (κ1) is 11.8. The van der Waals surface area contributed by atoms with Gasteiger partial charge in [0.2, 0.25) is 0 Å². The fourth-order valence-corrected chi connectivity index (χ4v) is 1.88. The van der Waals surface area contributed by atoms with Crippen LogP contribution in [0.3, 0.4) is 0 Å². The fourth-order valence-electron chi connectivity index (χ4n) is 1.59. The molecule has 90 valence electrons. The summed E-state index contributed by atoms with van der Waals surface area (Å²) >= 11 is 6.14. The highest BCUT2D eigenvalue weighted by molar-refractivity contribution is 6.32. The molecule has 0 aliphatic heterocycles. The van der Waals surface area contributed by atoms with Gasteiger partial charge in [-0.25, -0.2) is 4.98 Å². The Morgan fingerprint density at radius 2 is 2.24 bits per heavy atom. The summed E-state index contributed by atoms with van der Waals surface area (Å²) in [4.78, 5) is 7.20. The summed E-state index contributed by atoms with van der Waals surface area (Å²) in [6.45, 7) is 2.46. The number of halogens is 1. The van der Waals surface area contributed by atoms with E-state index >= 15 is 0 Å². The average Bonchev–Trinajstić information content (AvgIpc) is 2.82. The number of hydrogen-bond acceptors (Lipinski definition) is 3. The maximum atomic E-state index is 6.14. The molecule has 2 aromatic rings. The van der Waals surface area contributed by atoms with E-state index in [1.807, 2.05) is 13.0 Å². The summed E-state index contributed by atoms with van der Waals surface area (Å²) in [7, 11) is 1.57. The molecule has 0 amide bonds. The largest absolute Gasteiger partial charge is 0.491 e. The zero-order chi connectivity index (χ0) is 12.3. The molecule has 0 bridgehead atoms. The number of H-pyrrole nitrogens is 1. The Bertz CT molecular complexity index is 497. The summed E-state index contributed by atoms with van der Waals surface area (Å²) in [6.07, 6.45) is 3.45. The highest BCUT2D eigenvalue weighted by atomic mass is 35.5. The predicted molar refractivity (Wildman–Crippen MR) is 66.8 cm³/mol. The van der Waals surface area contributed by atoms with Gasteiger partial charge in [0.25, 0.3) is 0 Å². The van der Waals surface area contributed by atoms with E-state index in [1.165, 1.54) is 0 Å². The molecule has 1 aromatic carbocycles. The number of aromatic amines is 1. The first-order valence-corrected chi connectivity index (χ1v) is 5.64. The smallest absolute Gasteiger partial charge is 0.179 e. The molecule has 5 heteroatoms. The summed E-state index contributed by atoms with van der Waals surface area (Å²) < 4.78 is 10.7. The van der Waals surface area contributed by atoms with E-state index in [4.69, 9.17) is 21.1 Å². The lowest BCUT2D eigenvalue weighted by Gasteiger charge is -2.12. The van der Waals surface area contributed by atoms with Crippen molar-refractivity contribution in [2.45, 2.75) is 6.92 Å². The Kier molecular flexibility index (Phi) is 3.54. The molecule has 0 atom stereocenters. The van der Waals surface area contributed by atoms with Crippen LogP contribution < -0.4 is 9.47 Å². The van der Waals surface area contributed by atoms with Crippen molar-refractivity contribution < 1.29 is 9.47 Å². The van der Waals surface area contributed by atoms with Crippen LogP contribution in [0.1, 0.15) is 6.92 Å². The number of imidazole rings is 1. The van der Waals surface area contributed by atoms with Crippen LogP contribution in [0.25, 0.3) is 11.4 Å². The number of aromatic nitrogens is 2. The topological polar surface area (TPSA) is 47.1 Å². The molecular formula is C12H13ClN2O2. The molecule has 2 rings (SSSR count). The molecule has 0 radical (unpaired) electrons. The zero-order valence-corrected chi connectivity index (χ0v) is 10.4. The molecule has 0 unspecified atom stereocenters. The lowest BCUT2D eigenvalue weighted by Crippen LogP contribution is -1.97. The van der Waals surface area contributed by atoms with Gasteiger partial charge in [-0.15, -0.1) is 0 Å². The quantitative estimate of drug-likeness (QED) is 0.909. The molecule has 1 aromatic heterocycles. The van der Waals surface area contributed by atoms with Gasteiger partial charge in [0.15, 0.2) is 11.5 Å². The minimum Gasteiger partial charge on any atom is -0.491 e. The van der Waals surface area contributed by atoms with Crippen LogP contribution in [0.5, 0.6) is 11.5 Å². The van der Waals surface area contributed by atoms with Crippen LogP contribution in [-0.2, 0) is 0 Å². The van der Waals surface area contributed by atoms with Gasteiger partial charge in [-0.1, -0.05) is 11.6 Å². The first-order chi connectivity index (χ1) is 8.26. The highest BCUT2D eigenvalue weighted by Crippen LogP contribution is 2.38. The lowest BCUT2D eigenvalue weighted by atomic mass is 10.2. The van der Waals surface area contributed by atoms with Crippen molar-refractivity contribution in [2.75, 3.05) is 13.7 Å². The standard InChI is InChI=1S/C12H13ClN2O2/c1-3-17-10-7-8(12-14-4-5-15-12)6-9(13)11(10)16-2/h4-7H,3H2,1-2H3,(H,14,15). The molecule has 1 heterocycles. The second kappa shape index (κ2) is 5.10. The maximum absolute atomic E-state index is 6.14. The van der Waals surface area contributed by atoms with Crippen molar-refractivity contribution in [1.29, 1.82) is 0 Å². The fraction of sp³-hybridized carbons (Fsp3) is 0.250. The minimum atomic E-state index is 0.504. The number of hydrogen-bond donors (Lipinski definition) is 1. The lowest BCUT2D eigenvalue weighted by molar-refractivity contribution is 0.311. The first-order valence-electron chi connectivity index (χ1n) is 5.26. The van der Waals surface area contributed by atoms with Gasteiger partial charge in [-0.05, 0) is 19.1 Å². The van der Waals surface area contributed by atoms with Crippen molar-refractivity contribution in [3.63, 3.8) is 0 Å². The zero-order valence-electron chi connectivity index (χ0n) is 9.66. The average molecular weight is 253 g/mol. The van der Waals surface area contributed by atoms with E-state index < -0.39 is 0 Å². The van der Waals surface area contributed by atoms with E-state index in [9.17, 15) is 0 Å². The number of nitrogens with one attached hydrogen (secondary N) is 1. The third-order valence-corrected chi connectivity index (χ3v) is 2.57. The number of rotatable bonds is 4. The van der Waals surface area contributed by atoms with Gasteiger partial charge >= 0.3 is 0 Å². The monoisotopic (exact) mass is 252 g/mol. The van der Waals surface area contributed by atoms with E-state index in [0.717, 1.165) is 11.4 Å². The summed E-state index contributed by atoms with van der Waals surface area (Å²) in [6, 6.07) is 3.65. The molecule has 0 saturated carbocycles. The summed E-state index contributed by atoms with van der Waals surface area (Å²) in [5.74, 6) is 1.91. The van der Waals surface area contributed by atoms with E-state index in [1.54, 1.807) is 25.6 Å². The van der Waals surface area contributed by atoms with E-state index in [2.05, 4.69) is 9.97 Å². The summed E-state index contributed by atoms with van der Waals surface area (Å²) in [5, 5.41) is 0.504. The molecule has 0 spiro atoms. The Balaban J connectivity index is 2.50. The SMILES string of the molecule is CCOc1cc(-c2ncc[nH]2)cc(Cl)c1OC. The molecule has 4 nitrogen and oxygen atoms in total. The van der Waals surface area contributed by atoms with Crippen LogP contribution in [0.15, 0.2) is 24.5 Å². The highest BCUT2D eigenvalue weighted by Gasteiger charge is 2.13. The van der Waals surface area contributed by atoms with Gasteiger partial charge in [-0.2, -0.15) is 0 Å². The Labute approximate surface area is 105 Å². The normalized spacial score (nSPS) is 10.3. The predicted octanol–water partition coefficient (Wildman–Crippen LogP) is 3.14. The van der Waals surface area contributed by atoms with Gasteiger partial charge in [-0.3, -0.25) is 0 Å². The second-order valence-corrected chi connectivity index (χ2v) is 3.77. The van der Waals surface area contributed by atoms with E-state index in [-0.39, 0.29) is 0 Å². The number of ether oxygens (including phenoxy) is 2. The molecule has 17 heavy (non-hydrogen) atoms. The van der Waals surface area contributed by atoms with Gasteiger partial charge in [0, 0.05) is 18.0 Å². The molecule has 0 fully saturated rings. The number of benzene rings is 1. The van der Waals surface area contributed by atoms with Gasteiger partial charge in [0.05, 0.1) is 18.7 Å². The van der Waals surface area contributed by atoms with Crippen LogP contribution >= 0.6 is 11.6 Å². The molecule has 0 aliphatic carbocycles. The van der Waals surface area contributed by atoms with Crippen molar-refractivity contribution in [2.24, 2.45) is 0 Å².